The molecule has 1 aliphatic heterocycles. The van der Waals surface area contributed by atoms with Crippen LogP contribution in [0.15, 0.2) is 23.0 Å². The van der Waals surface area contributed by atoms with Gasteiger partial charge in [-0.05, 0) is 18.9 Å². The zero-order valence-corrected chi connectivity index (χ0v) is 13.9. The second-order valence-corrected chi connectivity index (χ2v) is 6.30. The van der Waals surface area contributed by atoms with E-state index in [1.165, 1.54) is 12.5 Å². The summed E-state index contributed by atoms with van der Waals surface area (Å²) in [6.45, 7) is 5.31. The number of nitrogens with zero attached hydrogens (tertiary/aromatic N) is 2. The van der Waals surface area contributed by atoms with Gasteiger partial charge in [0.15, 0.2) is 0 Å². The minimum absolute atomic E-state index is 0.00565. The first-order chi connectivity index (χ1) is 11.7. The van der Waals surface area contributed by atoms with Gasteiger partial charge in [-0.15, -0.1) is 0 Å². The van der Waals surface area contributed by atoms with E-state index in [4.69, 9.17) is 9.15 Å². The molecule has 2 aliphatic rings. The molecule has 7 heteroatoms. The van der Waals surface area contributed by atoms with Gasteiger partial charge in [-0.3, -0.25) is 14.5 Å². The third-order valence-corrected chi connectivity index (χ3v) is 4.45. The molecule has 2 heterocycles. The molecule has 132 valence electrons. The molecule has 7 nitrogen and oxygen atoms in total. The van der Waals surface area contributed by atoms with Crippen molar-refractivity contribution in [3.8, 4) is 0 Å². The number of nitrogens with one attached hydrogen (secondary N) is 1. The van der Waals surface area contributed by atoms with Crippen LogP contribution in [0.3, 0.4) is 0 Å². The van der Waals surface area contributed by atoms with Crippen LogP contribution in [0.2, 0.25) is 0 Å². The van der Waals surface area contributed by atoms with Crippen molar-refractivity contribution in [1.82, 2.24) is 15.1 Å². The van der Waals surface area contributed by atoms with Crippen LogP contribution in [0.4, 0.5) is 0 Å². The number of rotatable bonds is 8. The molecule has 3 rings (SSSR count). The molecular formula is C17H25N3O4. The third kappa shape index (κ3) is 4.82. The molecule has 0 atom stereocenters. The van der Waals surface area contributed by atoms with Crippen molar-refractivity contribution in [2.24, 2.45) is 0 Å². The second-order valence-electron chi connectivity index (χ2n) is 6.30. The average Bonchev–Trinajstić information content (AvgIpc) is 3.28. The first kappa shape index (κ1) is 17.0. The van der Waals surface area contributed by atoms with Gasteiger partial charge >= 0.3 is 0 Å². The number of hydrogen-bond acceptors (Lipinski definition) is 5. The van der Waals surface area contributed by atoms with Crippen LogP contribution in [-0.2, 0) is 9.53 Å². The van der Waals surface area contributed by atoms with Crippen LogP contribution in [0, 0.1) is 0 Å². The minimum Gasteiger partial charge on any atom is -0.472 e. The van der Waals surface area contributed by atoms with Gasteiger partial charge < -0.3 is 19.4 Å². The summed E-state index contributed by atoms with van der Waals surface area (Å²) in [5, 5.41) is 2.94. The van der Waals surface area contributed by atoms with E-state index >= 15 is 0 Å². The Balaban J connectivity index is 1.38. The summed E-state index contributed by atoms with van der Waals surface area (Å²) >= 11 is 0. The topological polar surface area (TPSA) is 75.0 Å². The number of morpholine rings is 1. The van der Waals surface area contributed by atoms with Gasteiger partial charge in [0.2, 0.25) is 5.91 Å². The van der Waals surface area contributed by atoms with Crippen LogP contribution in [0.1, 0.15) is 29.6 Å². The highest BCUT2D eigenvalue weighted by Crippen LogP contribution is 2.28. The summed E-state index contributed by atoms with van der Waals surface area (Å²) < 4.78 is 10.3. The number of carbonyl (C=O) groups is 2. The van der Waals surface area contributed by atoms with E-state index in [1.54, 1.807) is 11.0 Å². The minimum atomic E-state index is -0.0487. The van der Waals surface area contributed by atoms with Crippen LogP contribution in [-0.4, -0.2) is 73.6 Å². The lowest BCUT2D eigenvalue weighted by Gasteiger charge is -2.26. The highest BCUT2D eigenvalue weighted by atomic mass is 16.5. The van der Waals surface area contributed by atoms with Crippen molar-refractivity contribution in [1.29, 1.82) is 0 Å². The van der Waals surface area contributed by atoms with Gasteiger partial charge in [0, 0.05) is 45.2 Å². The van der Waals surface area contributed by atoms with Gasteiger partial charge in [-0.1, -0.05) is 0 Å². The number of furan rings is 1. The summed E-state index contributed by atoms with van der Waals surface area (Å²) in [7, 11) is 0. The predicted molar refractivity (Wildman–Crippen MR) is 87.7 cm³/mol. The van der Waals surface area contributed by atoms with E-state index in [0.717, 1.165) is 45.7 Å². The van der Waals surface area contributed by atoms with Crippen molar-refractivity contribution in [2.75, 3.05) is 45.9 Å². The van der Waals surface area contributed by atoms with E-state index < -0.39 is 0 Å². The summed E-state index contributed by atoms with van der Waals surface area (Å²) in [6, 6.07) is 1.94. The Hall–Kier alpha value is -1.86. The fourth-order valence-electron chi connectivity index (χ4n) is 2.88. The largest absolute Gasteiger partial charge is 0.472 e. The molecule has 0 bridgehead atoms. The first-order valence-corrected chi connectivity index (χ1v) is 8.64. The number of ether oxygens (including phenoxy) is 1. The van der Waals surface area contributed by atoms with Crippen molar-refractivity contribution in [3.05, 3.63) is 24.2 Å². The molecule has 1 N–H and O–H groups in total. The Kier molecular flexibility index (Phi) is 5.87. The quantitative estimate of drug-likeness (QED) is 0.758. The maximum absolute atomic E-state index is 12.4. The predicted octanol–water partition coefficient (Wildman–Crippen LogP) is 0.723. The zero-order valence-electron chi connectivity index (χ0n) is 13.9. The highest BCUT2D eigenvalue weighted by Gasteiger charge is 2.33. The van der Waals surface area contributed by atoms with Crippen molar-refractivity contribution < 1.29 is 18.7 Å². The molecule has 0 radical (unpaired) electrons. The average molecular weight is 335 g/mol. The third-order valence-electron chi connectivity index (χ3n) is 4.45. The lowest BCUT2D eigenvalue weighted by molar-refractivity contribution is -0.121. The zero-order chi connectivity index (χ0) is 16.8. The fourth-order valence-corrected chi connectivity index (χ4v) is 2.88. The molecule has 1 saturated heterocycles. The van der Waals surface area contributed by atoms with Crippen LogP contribution in [0.5, 0.6) is 0 Å². The van der Waals surface area contributed by atoms with E-state index in [1.807, 2.05) is 0 Å². The summed E-state index contributed by atoms with van der Waals surface area (Å²) in [5.41, 5.74) is 0.551. The van der Waals surface area contributed by atoms with Gasteiger partial charge in [-0.25, -0.2) is 0 Å². The maximum atomic E-state index is 12.4. The molecule has 24 heavy (non-hydrogen) atoms. The lowest BCUT2D eigenvalue weighted by atomic mass is 10.2. The van der Waals surface area contributed by atoms with Gasteiger partial charge in [-0.2, -0.15) is 0 Å². The normalized spacial score (nSPS) is 18.3. The van der Waals surface area contributed by atoms with Gasteiger partial charge in [0.05, 0.1) is 25.0 Å². The van der Waals surface area contributed by atoms with E-state index in [9.17, 15) is 9.59 Å². The van der Waals surface area contributed by atoms with Crippen LogP contribution in [0.25, 0.3) is 0 Å². The molecular weight excluding hydrogens is 310 g/mol. The number of hydrogen-bond donors (Lipinski definition) is 1. The molecule has 1 saturated carbocycles. The van der Waals surface area contributed by atoms with Crippen molar-refractivity contribution in [3.63, 3.8) is 0 Å². The van der Waals surface area contributed by atoms with Gasteiger partial charge in [0.1, 0.15) is 6.26 Å². The molecule has 1 aromatic rings. The first-order valence-electron chi connectivity index (χ1n) is 8.64. The molecule has 1 aliphatic carbocycles. The lowest BCUT2D eigenvalue weighted by Crippen LogP contribution is -2.42. The Bertz CT molecular complexity index is 536. The summed E-state index contributed by atoms with van der Waals surface area (Å²) in [5.74, 6) is -0.0544. The summed E-state index contributed by atoms with van der Waals surface area (Å²) in [4.78, 5) is 28.5. The molecule has 0 unspecified atom stereocenters. The summed E-state index contributed by atoms with van der Waals surface area (Å²) in [6.07, 6.45) is 5.32. The fraction of sp³-hybridized carbons (Fsp3) is 0.647. The highest BCUT2D eigenvalue weighted by molar-refractivity contribution is 5.94. The number of carbonyl (C=O) groups excluding carboxylic acids is 2. The standard InChI is InChI=1S/C17H25N3O4/c21-16(18-5-7-19-8-11-23-12-9-19)3-6-20(15-1-2-15)17(22)14-4-10-24-13-14/h4,10,13,15H,1-3,5-9,11-12H2,(H,18,21). The molecule has 1 aromatic heterocycles. The van der Waals surface area contributed by atoms with E-state index in [-0.39, 0.29) is 17.9 Å². The van der Waals surface area contributed by atoms with Crippen LogP contribution >= 0.6 is 0 Å². The van der Waals surface area contributed by atoms with E-state index in [0.29, 0.717) is 25.1 Å². The Morgan fingerprint density at radius 3 is 2.75 bits per heavy atom. The molecule has 2 amide bonds. The van der Waals surface area contributed by atoms with Crippen LogP contribution < -0.4 is 5.32 Å². The second kappa shape index (κ2) is 8.30. The number of amides is 2. The molecule has 2 fully saturated rings. The van der Waals surface area contributed by atoms with Crippen molar-refractivity contribution in [2.45, 2.75) is 25.3 Å². The monoisotopic (exact) mass is 335 g/mol. The Morgan fingerprint density at radius 2 is 2.08 bits per heavy atom. The maximum Gasteiger partial charge on any atom is 0.257 e. The van der Waals surface area contributed by atoms with Gasteiger partial charge in [0.25, 0.3) is 5.91 Å². The Morgan fingerprint density at radius 1 is 1.29 bits per heavy atom. The molecule has 0 aromatic carbocycles. The molecule has 0 spiro atoms. The smallest absolute Gasteiger partial charge is 0.257 e. The van der Waals surface area contributed by atoms with E-state index in [2.05, 4.69) is 10.2 Å². The Labute approximate surface area is 141 Å². The SMILES string of the molecule is O=C(CCN(C(=O)c1ccoc1)C1CC1)NCCN1CCOCC1. The van der Waals surface area contributed by atoms with Crippen molar-refractivity contribution >= 4 is 11.8 Å².